The summed E-state index contributed by atoms with van der Waals surface area (Å²) in [6.07, 6.45) is 2.89. The highest BCUT2D eigenvalue weighted by Gasteiger charge is 2.36. The maximum absolute atomic E-state index is 13.3. The molecule has 10 nitrogen and oxygen atoms in total. The molecule has 1 aliphatic heterocycles. The predicted octanol–water partition coefficient (Wildman–Crippen LogP) is 4.15. The monoisotopic (exact) mass is 493 g/mol. The maximum atomic E-state index is 13.3. The number of rotatable bonds is 7. The highest BCUT2D eigenvalue weighted by molar-refractivity contribution is 7.98. The Morgan fingerprint density at radius 2 is 1.89 bits per heavy atom. The lowest BCUT2D eigenvalue weighted by atomic mass is 9.83. The van der Waals surface area contributed by atoms with E-state index in [1.165, 1.54) is 23.9 Å². The molecule has 0 spiro atoms. The number of aromatic amines is 1. The first-order valence-electron chi connectivity index (χ1n) is 10.8. The van der Waals surface area contributed by atoms with Gasteiger partial charge >= 0.3 is 5.97 Å². The molecule has 2 aromatic heterocycles. The van der Waals surface area contributed by atoms with Crippen molar-refractivity contribution >= 4 is 29.2 Å². The van der Waals surface area contributed by atoms with Crippen LogP contribution < -0.4 is 10.9 Å². The minimum absolute atomic E-state index is 0.0134. The SMILES string of the molecule is CC1=C(C(=O)OC(C)C)C(c2ccncc2)c2c(nc(SCc3ccc([N+](=O)[O-])cc3)[nH]c2=O)N1. The highest BCUT2D eigenvalue weighted by atomic mass is 32.2. The average Bonchev–Trinajstić information content (AvgIpc) is 2.82. The van der Waals surface area contributed by atoms with Crippen molar-refractivity contribution in [1.82, 2.24) is 15.0 Å². The summed E-state index contributed by atoms with van der Waals surface area (Å²) in [7, 11) is 0. The molecule has 0 radical (unpaired) electrons. The van der Waals surface area contributed by atoms with Gasteiger partial charge in [-0.05, 0) is 44.0 Å². The van der Waals surface area contributed by atoms with Crippen molar-refractivity contribution in [3.8, 4) is 0 Å². The van der Waals surface area contributed by atoms with E-state index in [-0.39, 0.29) is 17.4 Å². The van der Waals surface area contributed by atoms with E-state index in [1.807, 2.05) is 0 Å². The van der Waals surface area contributed by atoms with Gasteiger partial charge in [0.15, 0.2) is 5.16 Å². The molecular weight excluding hydrogens is 470 g/mol. The molecule has 3 aromatic rings. The van der Waals surface area contributed by atoms with Gasteiger partial charge in [0.2, 0.25) is 0 Å². The molecule has 4 rings (SSSR count). The van der Waals surface area contributed by atoms with Crippen LogP contribution in [0.25, 0.3) is 0 Å². The number of benzene rings is 1. The molecule has 11 heteroatoms. The fourth-order valence-electron chi connectivity index (χ4n) is 3.80. The maximum Gasteiger partial charge on any atom is 0.337 e. The number of nitro groups is 1. The number of thioether (sulfide) groups is 1. The van der Waals surface area contributed by atoms with Crippen LogP contribution in [0.5, 0.6) is 0 Å². The molecule has 1 atom stereocenters. The van der Waals surface area contributed by atoms with Crippen molar-refractivity contribution in [1.29, 1.82) is 0 Å². The van der Waals surface area contributed by atoms with Gasteiger partial charge in [-0.1, -0.05) is 23.9 Å². The standard InChI is InChI=1S/C24H23N5O5S/c1-13(2)34-23(31)18-14(3)26-21-20(19(18)16-8-10-25-11-9-16)22(30)28-24(27-21)35-12-15-4-6-17(7-5-15)29(32)33/h4-11,13,19H,12H2,1-3H3,(H2,26,27,28,30). The first-order valence-corrected chi connectivity index (χ1v) is 11.8. The fourth-order valence-corrected chi connectivity index (χ4v) is 4.62. The number of hydrogen-bond acceptors (Lipinski definition) is 9. The third-order valence-corrected chi connectivity index (χ3v) is 6.29. The molecule has 1 aliphatic rings. The minimum atomic E-state index is -0.675. The van der Waals surface area contributed by atoms with Crippen molar-refractivity contribution in [2.24, 2.45) is 0 Å². The second kappa shape index (κ2) is 10.1. The molecule has 0 bridgehead atoms. The Bertz CT molecular complexity index is 1350. The number of H-pyrrole nitrogens is 1. The zero-order valence-electron chi connectivity index (χ0n) is 19.3. The Balaban J connectivity index is 1.68. The van der Waals surface area contributed by atoms with Crippen LogP contribution in [0.3, 0.4) is 0 Å². The number of allylic oxidation sites excluding steroid dienone is 1. The number of nitrogens with one attached hydrogen (secondary N) is 2. The molecule has 1 unspecified atom stereocenters. The van der Waals surface area contributed by atoms with Gasteiger partial charge in [-0.3, -0.25) is 19.9 Å². The van der Waals surface area contributed by atoms with Crippen molar-refractivity contribution in [2.45, 2.75) is 43.7 Å². The van der Waals surface area contributed by atoms with Gasteiger partial charge in [-0.2, -0.15) is 0 Å². The number of nitrogens with zero attached hydrogens (tertiary/aromatic N) is 3. The number of ether oxygens (including phenoxy) is 1. The van der Waals surface area contributed by atoms with Crippen LogP contribution in [0.15, 0.2) is 70.0 Å². The summed E-state index contributed by atoms with van der Waals surface area (Å²) >= 11 is 1.29. The molecule has 0 amide bonds. The summed E-state index contributed by atoms with van der Waals surface area (Å²) in [5, 5.41) is 14.3. The van der Waals surface area contributed by atoms with Crippen molar-refractivity contribution < 1.29 is 14.5 Å². The largest absolute Gasteiger partial charge is 0.460 e. The van der Waals surface area contributed by atoms with Gasteiger partial charge in [0.25, 0.3) is 11.2 Å². The van der Waals surface area contributed by atoms with Crippen LogP contribution >= 0.6 is 11.8 Å². The summed E-state index contributed by atoms with van der Waals surface area (Å²) in [6.45, 7) is 5.28. The number of carbonyl (C=O) groups is 1. The first kappa shape index (κ1) is 24.1. The fraction of sp³-hybridized carbons (Fsp3) is 0.250. The molecular formula is C24H23N5O5S. The van der Waals surface area contributed by atoms with Crippen LogP contribution in [-0.4, -0.2) is 31.9 Å². The van der Waals surface area contributed by atoms with E-state index in [4.69, 9.17) is 4.74 Å². The van der Waals surface area contributed by atoms with Crippen LogP contribution in [0, 0.1) is 10.1 Å². The van der Waals surface area contributed by atoms with Gasteiger partial charge in [0.05, 0.1) is 28.1 Å². The number of aromatic nitrogens is 3. The van der Waals surface area contributed by atoms with Gasteiger partial charge in [-0.25, -0.2) is 9.78 Å². The van der Waals surface area contributed by atoms with E-state index in [0.29, 0.717) is 33.6 Å². The number of carbonyl (C=O) groups excluding carboxylic acids is 1. The van der Waals surface area contributed by atoms with Gasteiger partial charge in [0.1, 0.15) is 5.82 Å². The Labute approximate surface area is 205 Å². The quantitative estimate of drug-likeness (QED) is 0.163. The molecule has 1 aromatic carbocycles. The van der Waals surface area contributed by atoms with E-state index in [9.17, 15) is 19.7 Å². The lowest BCUT2D eigenvalue weighted by Gasteiger charge is -2.29. The molecule has 2 N–H and O–H groups in total. The van der Waals surface area contributed by atoms with Crippen LogP contribution in [0.1, 0.15) is 43.4 Å². The second-order valence-electron chi connectivity index (χ2n) is 8.18. The Morgan fingerprint density at radius 3 is 2.51 bits per heavy atom. The van der Waals surface area contributed by atoms with E-state index < -0.39 is 16.8 Å². The summed E-state index contributed by atoms with van der Waals surface area (Å²) < 4.78 is 5.47. The third kappa shape index (κ3) is 5.24. The number of nitro benzene ring substituents is 1. The smallest absolute Gasteiger partial charge is 0.337 e. The van der Waals surface area contributed by atoms with E-state index in [0.717, 1.165) is 11.1 Å². The zero-order chi connectivity index (χ0) is 25.1. The molecule has 3 heterocycles. The van der Waals surface area contributed by atoms with Crippen molar-refractivity contribution in [2.75, 3.05) is 5.32 Å². The first-order chi connectivity index (χ1) is 16.7. The normalized spacial score (nSPS) is 14.9. The zero-order valence-corrected chi connectivity index (χ0v) is 20.1. The number of non-ortho nitro benzene ring substituents is 1. The Morgan fingerprint density at radius 1 is 1.20 bits per heavy atom. The van der Waals surface area contributed by atoms with Crippen molar-refractivity contribution in [3.63, 3.8) is 0 Å². The van der Waals surface area contributed by atoms with Gasteiger partial charge in [0, 0.05) is 36.0 Å². The number of fused-ring (bicyclic) bond motifs is 1. The summed E-state index contributed by atoms with van der Waals surface area (Å²) in [5.41, 5.74) is 2.41. The molecule has 0 saturated carbocycles. The van der Waals surface area contributed by atoms with E-state index in [2.05, 4.69) is 20.3 Å². The molecule has 0 aliphatic carbocycles. The minimum Gasteiger partial charge on any atom is -0.460 e. The van der Waals surface area contributed by atoms with E-state index >= 15 is 0 Å². The van der Waals surface area contributed by atoms with Crippen LogP contribution in [-0.2, 0) is 15.3 Å². The molecule has 0 saturated heterocycles. The van der Waals surface area contributed by atoms with Crippen LogP contribution in [0.4, 0.5) is 11.5 Å². The number of anilines is 1. The summed E-state index contributed by atoms with van der Waals surface area (Å²) in [6, 6.07) is 9.72. The molecule has 0 fully saturated rings. The van der Waals surface area contributed by atoms with Gasteiger partial charge < -0.3 is 15.0 Å². The highest BCUT2D eigenvalue weighted by Crippen LogP contribution is 2.40. The molecule has 35 heavy (non-hydrogen) atoms. The predicted molar refractivity (Wildman–Crippen MR) is 131 cm³/mol. The third-order valence-electron chi connectivity index (χ3n) is 5.35. The molecule has 180 valence electrons. The summed E-state index contributed by atoms with van der Waals surface area (Å²) in [4.78, 5) is 48.1. The van der Waals surface area contributed by atoms with E-state index in [1.54, 1.807) is 57.4 Å². The number of pyridine rings is 1. The Kier molecular flexibility index (Phi) is 6.97. The number of esters is 1. The van der Waals surface area contributed by atoms with Crippen molar-refractivity contribution in [3.05, 3.63) is 97.2 Å². The topological polar surface area (TPSA) is 140 Å². The lowest BCUT2D eigenvalue weighted by Crippen LogP contribution is -2.31. The average molecular weight is 494 g/mol. The second-order valence-corrected chi connectivity index (χ2v) is 9.14. The number of hydrogen-bond donors (Lipinski definition) is 2. The van der Waals surface area contributed by atoms with Crippen LogP contribution in [0.2, 0.25) is 0 Å². The van der Waals surface area contributed by atoms with Gasteiger partial charge in [-0.15, -0.1) is 0 Å². The Hall–Kier alpha value is -3.99. The lowest BCUT2D eigenvalue weighted by molar-refractivity contribution is -0.384. The summed E-state index contributed by atoms with van der Waals surface area (Å²) in [5.74, 6) is -0.367.